The first-order chi connectivity index (χ1) is 12.7. The molecule has 0 saturated carbocycles. The van der Waals surface area contributed by atoms with Gasteiger partial charge in [0.25, 0.3) is 5.69 Å². The molecule has 2 rings (SSSR count). The maximum atomic E-state index is 12.7. The van der Waals surface area contributed by atoms with Gasteiger partial charge in [0, 0.05) is 19.7 Å². The van der Waals surface area contributed by atoms with Gasteiger partial charge < -0.3 is 9.47 Å². The zero-order valence-electron chi connectivity index (χ0n) is 14.3. The molecular weight excluding hydrogens is 386 g/mol. The van der Waals surface area contributed by atoms with Crippen LogP contribution in [0, 0.1) is 10.1 Å². The Morgan fingerprint density at radius 1 is 1.19 bits per heavy atom. The van der Waals surface area contributed by atoms with Gasteiger partial charge in [0.2, 0.25) is 10.0 Å². The van der Waals surface area contributed by atoms with Gasteiger partial charge in [0.05, 0.1) is 12.0 Å². The van der Waals surface area contributed by atoms with Crippen molar-refractivity contribution in [2.24, 2.45) is 0 Å². The quantitative estimate of drug-likeness (QED) is 0.497. The van der Waals surface area contributed by atoms with Crippen LogP contribution >= 0.6 is 0 Å². The van der Waals surface area contributed by atoms with E-state index in [1.54, 1.807) is 0 Å². The van der Waals surface area contributed by atoms with Gasteiger partial charge in [-0.3, -0.25) is 10.1 Å². The number of sulfonamides is 1. The van der Waals surface area contributed by atoms with Crippen molar-refractivity contribution in [1.82, 2.24) is 4.31 Å². The average Bonchev–Trinajstić information content (AvgIpc) is 2.61. The normalized spacial score (nSPS) is 11.6. The minimum Gasteiger partial charge on any atom is -0.493 e. The van der Waals surface area contributed by atoms with E-state index in [0.717, 1.165) is 16.4 Å². The number of hydrogen-bond acceptors (Lipinski definition) is 6. The third-order valence-electron chi connectivity index (χ3n) is 3.60. The molecule has 0 N–H and O–H groups in total. The predicted molar refractivity (Wildman–Crippen MR) is 91.4 cm³/mol. The van der Waals surface area contributed by atoms with E-state index in [0.29, 0.717) is 5.56 Å². The van der Waals surface area contributed by atoms with Crippen LogP contribution in [0.2, 0.25) is 0 Å². The number of halogens is 2. The van der Waals surface area contributed by atoms with E-state index in [4.69, 9.17) is 4.74 Å². The smallest absolute Gasteiger partial charge is 0.387 e. The van der Waals surface area contributed by atoms with Crippen molar-refractivity contribution < 1.29 is 31.6 Å². The van der Waals surface area contributed by atoms with Gasteiger partial charge in [-0.05, 0) is 23.8 Å². The molecule has 0 aliphatic heterocycles. The molecule has 0 radical (unpaired) electrons. The standard InChI is InChI=1S/C16H16F2N2O6S/c1-19(27(23,24)15-6-4-3-5-12(15)20(21)22)10-11-7-8-13(25-2)14(9-11)26-16(17)18/h3-9,16H,10H2,1-2H3. The molecule has 2 aromatic rings. The van der Waals surface area contributed by atoms with E-state index < -0.39 is 32.1 Å². The molecule has 0 aromatic heterocycles. The van der Waals surface area contributed by atoms with Gasteiger partial charge >= 0.3 is 6.61 Å². The van der Waals surface area contributed by atoms with Crippen LogP contribution < -0.4 is 9.47 Å². The van der Waals surface area contributed by atoms with Gasteiger partial charge in [-0.1, -0.05) is 18.2 Å². The second kappa shape index (κ2) is 8.27. The molecular formula is C16H16F2N2O6S. The summed E-state index contributed by atoms with van der Waals surface area (Å²) in [6.07, 6.45) is 0. The Kier molecular flexibility index (Phi) is 6.28. The Bertz CT molecular complexity index is 936. The number of methoxy groups -OCH3 is 1. The molecule has 0 amide bonds. The molecule has 11 heteroatoms. The first-order valence-corrected chi connectivity index (χ1v) is 8.92. The van der Waals surface area contributed by atoms with Gasteiger partial charge in [-0.25, -0.2) is 8.42 Å². The van der Waals surface area contributed by atoms with Crippen molar-refractivity contribution in [3.8, 4) is 11.5 Å². The number of nitro groups is 1. The number of hydrogen-bond donors (Lipinski definition) is 0. The highest BCUT2D eigenvalue weighted by Crippen LogP contribution is 2.31. The summed E-state index contributed by atoms with van der Waals surface area (Å²) in [5.41, 5.74) is -0.225. The van der Waals surface area contributed by atoms with Crippen LogP contribution in [0.1, 0.15) is 5.56 Å². The Hall–Kier alpha value is -2.79. The number of para-hydroxylation sites is 1. The summed E-state index contributed by atoms with van der Waals surface area (Å²) in [7, 11) is -1.69. The zero-order chi connectivity index (χ0) is 20.2. The van der Waals surface area contributed by atoms with E-state index in [9.17, 15) is 27.3 Å². The second-order valence-electron chi connectivity index (χ2n) is 5.35. The number of benzene rings is 2. The highest BCUT2D eigenvalue weighted by molar-refractivity contribution is 7.89. The van der Waals surface area contributed by atoms with Gasteiger partial charge in [-0.15, -0.1) is 0 Å². The Balaban J connectivity index is 2.34. The van der Waals surface area contributed by atoms with Crippen LogP contribution in [0.5, 0.6) is 11.5 Å². The van der Waals surface area contributed by atoms with Gasteiger partial charge in [0.15, 0.2) is 16.4 Å². The third kappa shape index (κ3) is 4.68. The molecule has 27 heavy (non-hydrogen) atoms. The lowest BCUT2D eigenvalue weighted by Gasteiger charge is -2.18. The van der Waals surface area contributed by atoms with E-state index in [1.807, 2.05) is 0 Å². The summed E-state index contributed by atoms with van der Waals surface area (Å²) in [4.78, 5) is 9.84. The number of alkyl halides is 2. The molecule has 0 aliphatic rings. The van der Waals surface area contributed by atoms with E-state index in [-0.39, 0.29) is 18.0 Å². The van der Waals surface area contributed by atoms with E-state index in [2.05, 4.69) is 4.74 Å². The highest BCUT2D eigenvalue weighted by Gasteiger charge is 2.29. The van der Waals surface area contributed by atoms with Crippen LogP contribution in [-0.2, 0) is 16.6 Å². The molecule has 0 fully saturated rings. The number of ether oxygens (including phenoxy) is 2. The lowest BCUT2D eigenvalue weighted by molar-refractivity contribution is -0.387. The molecule has 0 saturated heterocycles. The van der Waals surface area contributed by atoms with Crippen molar-refractivity contribution in [2.75, 3.05) is 14.2 Å². The summed E-state index contributed by atoms with van der Waals surface area (Å²) >= 11 is 0. The fraction of sp³-hybridized carbons (Fsp3) is 0.250. The Morgan fingerprint density at radius 3 is 2.44 bits per heavy atom. The van der Waals surface area contributed by atoms with Crippen molar-refractivity contribution in [1.29, 1.82) is 0 Å². The monoisotopic (exact) mass is 402 g/mol. The average molecular weight is 402 g/mol. The van der Waals surface area contributed by atoms with Gasteiger partial charge in [-0.2, -0.15) is 13.1 Å². The summed E-state index contributed by atoms with van der Waals surface area (Å²) in [6, 6.07) is 8.99. The summed E-state index contributed by atoms with van der Waals surface area (Å²) < 4.78 is 60.6. The fourth-order valence-corrected chi connectivity index (χ4v) is 3.66. The van der Waals surface area contributed by atoms with E-state index >= 15 is 0 Å². The molecule has 146 valence electrons. The summed E-state index contributed by atoms with van der Waals surface area (Å²) in [5, 5.41) is 11.1. The molecule has 0 aliphatic carbocycles. The molecule has 0 unspecified atom stereocenters. The SMILES string of the molecule is COc1ccc(CN(C)S(=O)(=O)c2ccccc2[N+](=O)[O-])cc1OC(F)F. The molecule has 2 aromatic carbocycles. The highest BCUT2D eigenvalue weighted by atomic mass is 32.2. The van der Waals surface area contributed by atoms with E-state index in [1.165, 1.54) is 44.5 Å². The van der Waals surface area contributed by atoms with Crippen LogP contribution in [0.3, 0.4) is 0 Å². The molecule has 0 spiro atoms. The maximum Gasteiger partial charge on any atom is 0.387 e. The Labute approximate surface area is 154 Å². The molecule has 8 nitrogen and oxygen atoms in total. The third-order valence-corrected chi connectivity index (χ3v) is 5.45. The largest absolute Gasteiger partial charge is 0.493 e. The first kappa shape index (κ1) is 20.5. The predicted octanol–water partition coefficient (Wildman–Crippen LogP) is 3.03. The van der Waals surface area contributed by atoms with Gasteiger partial charge in [0.1, 0.15) is 0 Å². The number of nitro benzene ring substituents is 1. The molecule has 0 atom stereocenters. The lowest BCUT2D eigenvalue weighted by atomic mass is 10.2. The Morgan fingerprint density at radius 2 is 1.85 bits per heavy atom. The minimum absolute atomic E-state index is 0.0586. The first-order valence-electron chi connectivity index (χ1n) is 7.48. The van der Waals surface area contributed by atoms with Crippen LogP contribution in [0.25, 0.3) is 0 Å². The van der Waals surface area contributed by atoms with Crippen molar-refractivity contribution in [2.45, 2.75) is 18.1 Å². The molecule has 0 bridgehead atoms. The fourth-order valence-electron chi connectivity index (χ4n) is 2.34. The van der Waals surface area contributed by atoms with Crippen LogP contribution in [0.4, 0.5) is 14.5 Å². The van der Waals surface area contributed by atoms with Crippen molar-refractivity contribution in [3.63, 3.8) is 0 Å². The van der Waals surface area contributed by atoms with Crippen molar-refractivity contribution in [3.05, 3.63) is 58.1 Å². The lowest BCUT2D eigenvalue weighted by Crippen LogP contribution is -2.27. The number of rotatable bonds is 8. The van der Waals surface area contributed by atoms with Crippen molar-refractivity contribution >= 4 is 15.7 Å². The maximum absolute atomic E-state index is 12.7. The zero-order valence-corrected chi connectivity index (χ0v) is 15.2. The minimum atomic E-state index is -4.19. The topological polar surface area (TPSA) is 99.0 Å². The summed E-state index contributed by atoms with van der Waals surface area (Å²) in [6.45, 7) is -3.31. The number of nitrogens with zero attached hydrogens (tertiary/aromatic N) is 2. The summed E-state index contributed by atoms with van der Waals surface area (Å²) in [5.74, 6) is -0.190. The molecule has 0 heterocycles. The van der Waals surface area contributed by atoms with Crippen LogP contribution in [0.15, 0.2) is 47.4 Å². The van der Waals surface area contributed by atoms with Crippen LogP contribution in [-0.4, -0.2) is 38.4 Å². The second-order valence-corrected chi connectivity index (χ2v) is 7.36.